The summed E-state index contributed by atoms with van der Waals surface area (Å²) in [5, 5.41) is 0. The Hall–Kier alpha value is -1.36. The van der Waals surface area contributed by atoms with Crippen LogP contribution in [0.2, 0.25) is 0 Å². The molecule has 0 aromatic heterocycles. The van der Waals surface area contributed by atoms with Crippen molar-refractivity contribution < 1.29 is 23.7 Å². The van der Waals surface area contributed by atoms with E-state index in [4.69, 9.17) is 0 Å². The average Bonchev–Trinajstić information content (AvgIpc) is 2.25. The number of hydrogen-bond donors (Lipinski definition) is 0. The molecule has 0 saturated heterocycles. The van der Waals surface area contributed by atoms with Gasteiger partial charge in [-0.05, 0) is 0 Å². The molecule has 0 spiro atoms. The smallest absolute Gasteiger partial charge is 0.117 e. The van der Waals surface area contributed by atoms with Crippen molar-refractivity contribution in [1.82, 2.24) is 0 Å². The van der Waals surface area contributed by atoms with Crippen LogP contribution in [0.4, 0.5) is 0 Å². The zero-order valence-corrected chi connectivity index (χ0v) is 10.4. The molecular weight excluding hydrogens is 200 g/mol. The zero-order valence-electron chi connectivity index (χ0n) is 10.4. The van der Waals surface area contributed by atoms with E-state index in [2.05, 4.69) is 23.7 Å². The molecule has 92 valence electrons. The molecule has 0 saturated carbocycles. The maximum Gasteiger partial charge on any atom is 0.117 e. The highest BCUT2D eigenvalue weighted by atomic mass is 16.5. The van der Waals surface area contributed by atoms with Gasteiger partial charge >= 0.3 is 0 Å². The van der Waals surface area contributed by atoms with Crippen molar-refractivity contribution in [2.75, 3.05) is 42.7 Å². The Balaban J connectivity index is -0.000000153. The summed E-state index contributed by atoms with van der Waals surface area (Å²) in [5.74, 6) is 0. The molecule has 15 heavy (non-hydrogen) atoms. The molecule has 5 nitrogen and oxygen atoms in total. The maximum absolute atomic E-state index is 4.48. The highest BCUT2D eigenvalue weighted by Gasteiger charge is 1.56. The Kier molecular flexibility index (Phi) is 37.7. The van der Waals surface area contributed by atoms with Crippen LogP contribution in [0.1, 0.15) is 0 Å². The molecule has 0 aliphatic heterocycles. The molecule has 0 N–H and O–H groups in total. The summed E-state index contributed by atoms with van der Waals surface area (Å²) in [5.41, 5.74) is 0. The number of methoxy groups -OCH3 is 5. The monoisotopic (exact) mass is 222 g/mol. The molecule has 0 atom stereocenters. The predicted octanol–water partition coefficient (Wildman–Crippen LogP) is 1.76. The Morgan fingerprint density at radius 2 is 0.600 bits per heavy atom. The molecule has 0 bridgehead atoms. The highest BCUT2D eigenvalue weighted by Crippen LogP contribution is 1.69. The van der Waals surface area contributed by atoms with Crippen molar-refractivity contribution in [1.29, 1.82) is 0 Å². The van der Waals surface area contributed by atoms with E-state index < -0.39 is 0 Å². The lowest BCUT2D eigenvalue weighted by Gasteiger charge is -1.83. The second kappa shape index (κ2) is 29.3. The van der Waals surface area contributed by atoms with E-state index in [1.807, 2.05) is 0 Å². The molecule has 5 heteroatoms. The quantitative estimate of drug-likeness (QED) is 0.678. The van der Waals surface area contributed by atoms with Gasteiger partial charge in [0, 0.05) is 14.2 Å². The first-order valence-electron chi connectivity index (χ1n) is 4.06. The molecule has 0 heterocycles. The van der Waals surface area contributed by atoms with Gasteiger partial charge in [-0.15, -0.1) is 0 Å². The summed E-state index contributed by atoms with van der Waals surface area (Å²) in [6.07, 6.45) is 5.83. The molecule has 0 radical (unpaired) electrons. The molecule has 0 aliphatic rings. The first-order valence-corrected chi connectivity index (χ1v) is 4.06. The number of hydrogen-bond acceptors (Lipinski definition) is 5. The van der Waals surface area contributed by atoms with E-state index in [-0.39, 0.29) is 0 Å². The van der Waals surface area contributed by atoms with E-state index in [0.717, 1.165) is 0 Å². The third kappa shape index (κ3) is 66.5. The molecular formula is C10H22O5. The minimum atomic E-state index is 1.46. The summed E-state index contributed by atoms with van der Waals surface area (Å²) in [6, 6.07) is 0. The van der Waals surface area contributed by atoms with Crippen LogP contribution < -0.4 is 0 Å². The first kappa shape index (κ1) is 19.2. The predicted molar refractivity (Wildman–Crippen MR) is 59.2 cm³/mol. The van der Waals surface area contributed by atoms with Gasteiger partial charge in [-0.1, -0.05) is 0 Å². The molecule has 0 fully saturated rings. The normalized spacial score (nSPS) is 8.40. The van der Waals surface area contributed by atoms with Crippen molar-refractivity contribution in [2.45, 2.75) is 0 Å². The van der Waals surface area contributed by atoms with Gasteiger partial charge in [0.25, 0.3) is 0 Å². The molecule has 0 aromatic carbocycles. The lowest BCUT2D eigenvalue weighted by Crippen LogP contribution is -1.66. The minimum absolute atomic E-state index is 1.46. The summed E-state index contributed by atoms with van der Waals surface area (Å²) in [6.45, 7) is 0. The Morgan fingerprint density at radius 3 is 0.667 bits per heavy atom. The second-order valence-corrected chi connectivity index (χ2v) is 1.90. The largest absolute Gasteiger partial charge is 0.501 e. The van der Waals surface area contributed by atoms with Gasteiger partial charge < -0.3 is 23.7 Å². The van der Waals surface area contributed by atoms with Crippen molar-refractivity contribution in [2.24, 2.45) is 0 Å². The van der Waals surface area contributed by atoms with Gasteiger partial charge in [-0.25, -0.2) is 0 Å². The fraction of sp³-hybridized carbons (Fsp3) is 0.600. The fourth-order valence-electron chi connectivity index (χ4n) is 0.222. The SMILES string of the molecule is CO/C=C/OC.CO/C=C/OC.COC. The first-order chi connectivity index (χ1) is 7.24. The van der Waals surface area contributed by atoms with Crippen molar-refractivity contribution in [3.8, 4) is 0 Å². The van der Waals surface area contributed by atoms with E-state index in [1.165, 1.54) is 25.0 Å². The lowest BCUT2D eigenvalue weighted by molar-refractivity contribution is 0.277. The third-order valence-electron chi connectivity index (χ3n) is 0.655. The topological polar surface area (TPSA) is 46.2 Å². The minimum Gasteiger partial charge on any atom is -0.501 e. The van der Waals surface area contributed by atoms with Gasteiger partial charge in [0.15, 0.2) is 0 Å². The van der Waals surface area contributed by atoms with Crippen LogP contribution in [0.15, 0.2) is 25.0 Å². The van der Waals surface area contributed by atoms with E-state index in [0.29, 0.717) is 0 Å². The molecule has 0 unspecified atom stereocenters. The summed E-state index contributed by atoms with van der Waals surface area (Å²) in [4.78, 5) is 0. The maximum atomic E-state index is 4.48. The molecule has 0 rings (SSSR count). The van der Waals surface area contributed by atoms with Crippen molar-refractivity contribution >= 4 is 0 Å². The van der Waals surface area contributed by atoms with Crippen LogP contribution in [0.25, 0.3) is 0 Å². The zero-order chi connectivity index (χ0) is 12.4. The van der Waals surface area contributed by atoms with Crippen LogP contribution in [-0.4, -0.2) is 42.7 Å². The lowest BCUT2D eigenvalue weighted by atomic mass is 11.0. The van der Waals surface area contributed by atoms with Crippen LogP contribution in [0.3, 0.4) is 0 Å². The van der Waals surface area contributed by atoms with Gasteiger partial charge in [0.1, 0.15) is 25.0 Å². The standard InChI is InChI=1S/2C4H8O2.C2H6O/c2*1-5-3-4-6-2;1-3-2/h2*3-4H,1-2H3;1-2H3/b2*4-3+;. The highest BCUT2D eigenvalue weighted by molar-refractivity contribution is 4.57. The molecule has 0 aromatic rings. The molecule has 0 amide bonds. The van der Waals surface area contributed by atoms with E-state index in [1.54, 1.807) is 42.7 Å². The Morgan fingerprint density at radius 1 is 0.467 bits per heavy atom. The summed E-state index contributed by atoms with van der Waals surface area (Å²) >= 11 is 0. The van der Waals surface area contributed by atoms with Crippen LogP contribution in [-0.2, 0) is 23.7 Å². The molecule has 0 aliphatic carbocycles. The summed E-state index contributed by atoms with van der Waals surface area (Å²) < 4.78 is 22.2. The summed E-state index contributed by atoms with van der Waals surface area (Å²) in [7, 11) is 9.51. The average molecular weight is 222 g/mol. The third-order valence-corrected chi connectivity index (χ3v) is 0.655. The van der Waals surface area contributed by atoms with Crippen LogP contribution >= 0.6 is 0 Å². The van der Waals surface area contributed by atoms with Gasteiger partial charge in [0.05, 0.1) is 28.4 Å². The van der Waals surface area contributed by atoms with Crippen molar-refractivity contribution in [3.05, 3.63) is 25.0 Å². The second-order valence-electron chi connectivity index (χ2n) is 1.90. The number of ether oxygens (including phenoxy) is 5. The van der Waals surface area contributed by atoms with E-state index in [9.17, 15) is 0 Å². The van der Waals surface area contributed by atoms with Gasteiger partial charge in [0.2, 0.25) is 0 Å². The van der Waals surface area contributed by atoms with Crippen LogP contribution in [0, 0.1) is 0 Å². The Labute approximate surface area is 92.2 Å². The van der Waals surface area contributed by atoms with Gasteiger partial charge in [-0.2, -0.15) is 0 Å². The van der Waals surface area contributed by atoms with Crippen molar-refractivity contribution in [3.63, 3.8) is 0 Å². The van der Waals surface area contributed by atoms with Crippen LogP contribution in [0.5, 0.6) is 0 Å². The van der Waals surface area contributed by atoms with Gasteiger partial charge in [-0.3, -0.25) is 0 Å². The fourth-order valence-corrected chi connectivity index (χ4v) is 0.222. The Bertz CT molecular complexity index is 97.0. The number of rotatable bonds is 4. The van der Waals surface area contributed by atoms with E-state index >= 15 is 0 Å².